The molecular formula is C13H16N2O4. The Morgan fingerprint density at radius 2 is 2.16 bits per heavy atom. The van der Waals surface area contributed by atoms with Gasteiger partial charge in [-0.1, -0.05) is 6.07 Å². The highest BCUT2D eigenvalue weighted by Crippen LogP contribution is 2.26. The quantitative estimate of drug-likeness (QED) is 0.776. The number of benzene rings is 1. The minimum absolute atomic E-state index is 0.122. The zero-order chi connectivity index (χ0) is 14.0. The number of aliphatic carboxylic acids is 1. The molecule has 0 atom stereocenters. The van der Waals surface area contributed by atoms with Gasteiger partial charge in [0.1, 0.15) is 12.2 Å². The van der Waals surface area contributed by atoms with Crippen LogP contribution in [0.3, 0.4) is 0 Å². The first-order chi connectivity index (χ1) is 8.89. The number of carbonyl (C=O) groups is 2. The summed E-state index contributed by atoms with van der Waals surface area (Å²) in [5.74, 6) is -1.13. The van der Waals surface area contributed by atoms with Gasteiger partial charge in [-0.15, -0.1) is 0 Å². The Morgan fingerprint density at radius 3 is 2.74 bits per heavy atom. The van der Waals surface area contributed by atoms with Gasteiger partial charge in [-0.25, -0.2) is 4.79 Å². The average molecular weight is 264 g/mol. The molecule has 0 radical (unpaired) electrons. The molecule has 1 saturated heterocycles. The van der Waals surface area contributed by atoms with Gasteiger partial charge in [-0.3, -0.25) is 4.79 Å². The van der Waals surface area contributed by atoms with Gasteiger partial charge in [-0.05, 0) is 25.1 Å². The topological polar surface area (TPSA) is 92.9 Å². The van der Waals surface area contributed by atoms with Crippen molar-refractivity contribution in [3.8, 4) is 0 Å². The molecule has 0 saturated carbocycles. The zero-order valence-electron chi connectivity index (χ0n) is 10.6. The molecule has 102 valence electrons. The molecule has 1 aliphatic heterocycles. The Bertz CT molecular complexity index is 509. The van der Waals surface area contributed by atoms with Gasteiger partial charge in [0.2, 0.25) is 0 Å². The lowest BCUT2D eigenvalue weighted by Gasteiger charge is -2.47. The summed E-state index contributed by atoms with van der Waals surface area (Å²) >= 11 is 0. The molecule has 0 aliphatic carbocycles. The number of carboxylic acids is 1. The van der Waals surface area contributed by atoms with Crippen molar-refractivity contribution in [2.45, 2.75) is 12.5 Å². The van der Waals surface area contributed by atoms with Gasteiger partial charge in [-0.2, -0.15) is 0 Å². The number of rotatable bonds is 4. The highest BCUT2D eigenvalue weighted by Gasteiger charge is 2.42. The van der Waals surface area contributed by atoms with Crippen LogP contribution in [-0.2, 0) is 9.53 Å². The van der Waals surface area contributed by atoms with Crippen LogP contribution in [0.4, 0.5) is 5.69 Å². The summed E-state index contributed by atoms with van der Waals surface area (Å²) in [7, 11) is 0. The van der Waals surface area contributed by atoms with E-state index in [9.17, 15) is 9.59 Å². The first kappa shape index (κ1) is 13.4. The van der Waals surface area contributed by atoms with Crippen LogP contribution in [0.1, 0.15) is 17.3 Å². The minimum atomic E-state index is -1.01. The molecule has 1 aromatic carbocycles. The maximum absolute atomic E-state index is 12.1. The molecule has 1 amide bonds. The maximum Gasteiger partial charge on any atom is 0.329 e. The predicted octanol–water partition coefficient (Wildman–Crippen LogP) is 0.584. The molecule has 0 aromatic heterocycles. The normalized spacial score (nSPS) is 16.8. The largest absolute Gasteiger partial charge is 0.480 e. The molecule has 1 aromatic rings. The number of ether oxygens (including phenoxy) is 1. The van der Waals surface area contributed by atoms with E-state index in [2.05, 4.69) is 0 Å². The highest BCUT2D eigenvalue weighted by atomic mass is 16.5. The third kappa shape index (κ3) is 3.03. The Kier molecular flexibility index (Phi) is 3.44. The van der Waals surface area contributed by atoms with Crippen molar-refractivity contribution < 1.29 is 19.4 Å². The van der Waals surface area contributed by atoms with Crippen molar-refractivity contribution in [1.29, 1.82) is 0 Å². The smallest absolute Gasteiger partial charge is 0.329 e. The lowest BCUT2D eigenvalue weighted by atomic mass is 9.95. The summed E-state index contributed by atoms with van der Waals surface area (Å²) < 4.78 is 5.25. The van der Waals surface area contributed by atoms with Crippen molar-refractivity contribution >= 4 is 17.6 Å². The van der Waals surface area contributed by atoms with Crippen LogP contribution in [0.5, 0.6) is 0 Å². The van der Waals surface area contributed by atoms with E-state index in [1.807, 2.05) is 0 Å². The number of nitrogen functional groups attached to an aromatic ring is 1. The predicted molar refractivity (Wildman–Crippen MR) is 68.8 cm³/mol. The number of nitrogens with zero attached hydrogens (tertiary/aromatic N) is 1. The van der Waals surface area contributed by atoms with E-state index in [1.165, 1.54) is 0 Å². The Balaban J connectivity index is 1.93. The molecule has 19 heavy (non-hydrogen) atoms. The molecule has 0 bridgehead atoms. The molecule has 6 heteroatoms. The minimum Gasteiger partial charge on any atom is -0.480 e. The molecular weight excluding hydrogens is 248 g/mol. The fourth-order valence-electron chi connectivity index (χ4n) is 2.09. The summed E-state index contributed by atoms with van der Waals surface area (Å²) in [5, 5.41) is 8.56. The van der Waals surface area contributed by atoms with Gasteiger partial charge in [0.05, 0.1) is 13.1 Å². The number of amides is 1. The second-order valence-corrected chi connectivity index (χ2v) is 4.92. The number of anilines is 1. The summed E-state index contributed by atoms with van der Waals surface area (Å²) in [6, 6.07) is 6.76. The zero-order valence-corrected chi connectivity index (χ0v) is 10.6. The second-order valence-electron chi connectivity index (χ2n) is 4.92. The van der Waals surface area contributed by atoms with E-state index < -0.39 is 11.6 Å². The van der Waals surface area contributed by atoms with Crippen LogP contribution in [0, 0.1) is 0 Å². The molecule has 2 rings (SSSR count). The summed E-state index contributed by atoms with van der Waals surface area (Å²) in [6.45, 7) is 2.21. The SMILES string of the molecule is CC1(OCC(=O)O)CN(C(=O)c2cccc(N)c2)C1. The number of nitrogens with two attached hydrogens (primary N) is 1. The average Bonchev–Trinajstić information content (AvgIpc) is 2.32. The third-order valence-corrected chi connectivity index (χ3v) is 3.02. The first-order valence-corrected chi connectivity index (χ1v) is 5.90. The van der Waals surface area contributed by atoms with E-state index in [-0.39, 0.29) is 12.5 Å². The Hall–Kier alpha value is -2.08. The number of hydrogen-bond donors (Lipinski definition) is 2. The van der Waals surface area contributed by atoms with E-state index in [0.29, 0.717) is 24.3 Å². The van der Waals surface area contributed by atoms with E-state index in [1.54, 1.807) is 36.1 Å². The highest BCUT2D eigenvalue weighted by molar-refractivity contribution is 5.95. The molecule has 1 fully saturated rings. The van der Waals surface area contributed by atoms with Crippen molar-refractivity contribution in [2.75, 3.05) is 25.4 Å². The van der Waals surface area contributed by atoms with Crippen molar-refractivity contribution in [2.24, 2.45) is 0 Å². The van der Waals surface area contributed by atoms with Crippen LogP contribution in [0.15, 0.2) is 24.3 Å². The van der Waals surface area contributed by atoms with Crippen molar-refractivity contribution in [1.82, 2.24) is 4.90 Å². The van der Waals surface area contributed by atoms with Crippen LogP contribution >= 0.6 is 0 Å². The Labute approximate surface area is 110 Å². The van der Waals surface area contributed by atoms with Crippen molar-refractivity contribution in [3.05, 3.63) is 29.8 Å². The molecule has 1 heterocycles. The van der Waals surface area contributed by atoms with E-state index >= 15 is 0 Å². The first-order valence-electron chi connectivity index (χ1n) is 5.90. The van der Waals surface area contributed by atoms with Gasteiger partial charge in [0.15, 0.2) is 0 Å². The molecule has 6 nitrogen and oxygen atoms in total. The number of likely N-dealkylation sites (tertiary alicyclic amines) is 1. The van der Waals surface area contributed by atoms with E-state index in [0.717, 1.165) is 0 Å². The summed E-state index contributed by atoms with van der Waals surface area (Å²) in [5.41, 5.74) is 6.12. The van der Waals surface area contributed by atoms with Crippen molar-refractivity contribution in [3.63, 3.8) is 0 Å². The standard InChI is InChI=1S/C13H16N2O4/c1-13(19-6-11(16)17)7-15(8-13)12(18)9-3-2-4-10(14)5-9/h2-5H,6-8,14H2,1H3,(H,16,17). The summed E-state index contributed by atoms with van der Waals surface area (Å²) in [6.07, 6.45) is 0. The number of hydrogen-bond acceptors (Lipinski definition) is 4. The maximum atomic E-state index is 12.1. The van der Waals surface area contributed by atoms with Crippen LogP contribution in [-0.4, -0.2) is 47.2 Å². The number of carbonyl (C=O) groups excluding carboxylic acids is 1. The lowest BCUT2D eigenvalue weighted by Crippen LogP contribution is -2.63. The number of carboxylic acid groups (broad SMARTS) is 1. The fraction of sp³-hybridized carbons (Fsp3) is 0.385. The molecule has 0 spiro atoms. The summed E-state index contributed by atoms with van der Waals surface area (Å²) in [4.78, 5) is 24.2. The van der Waals surface area contributed by atoms with Gasteiger partial charge in [0, 0.05) is 11.3 Å². The van der Waals surface area contributed by atoms with E-state index in [4.69, 9.17) is 15.6 Å². The van der Waals surface area contributed by atoms with Gasteiger partial charge >= 0.3 is 5.97 Å². The lowest BCUT2D eigenvalue weighted by molar-refractivity contribution is -0.159. The molecule has 1 aliphatic rings. The van der Waals surface area contributed by atoms with Crippen LogP contribution < -0.4 is 5.73 Å². The Morgan fingerprint density at radius 1 is 1.47 bits per heavy atom. The van der Waals surface area contributed by atoms with Gasteiger partial charge < -0.3 is 20.5 Å². The molecule has 0 unspecified atom stereocenters. The van der Waals surface area contributed by atoms with Gasteiger partial charge in [0.25, 0.3) is 5.91 Å². The fourth-order valence-corrected chi connectivity index (χ4v) is 2.09. The van der Waals surface area contributed by atoms with Crippen LogP contribution in [0.2, 0.25) is 0 Å². The second kappa shape index (κ2) is 4.89. The third-order valence-electron chi connectivity index (χ3n) is 3.02. The van der Waals surface area contributed by atoms with Crippen LogP contribution in [0.25, 0.3) is 0 Å². The monoisotopic (exact) mass is 264 g/mol. The molecule has 3 N–H and O–H groups in total.